The lowest BCUT2D eigenvalue weighted by Gasteiger charge is -2.02. The van der Waals surface area contributed by atoms with E-state index in [1.807, 2.05) is 30.3 Å². The topological polar surface area (TPSA) is 43.8 Å². The molecule has 0 aliphatic carbocycles. The zero-order chi connectivity index (χ0) is 14.1. The van der Waals surface area contributed by atoms with Crippen LogP contribution in [0.5, 0.6) is 0 Å². The molecule has 0 radical (unpaired) electrons. The minimum atomic E-state index is -0.475. The summed E-state index contributed by atoms with van der Waals surface area (Å²) in [5.41, 5.74) is 8.04. The van der Waals surface area contributed by atoms with Crippen molar-refractivity contribution < 1.29 is 4.39 Å². The number of hydrogen-bond acceptors (Lipinski definition) is 2. The van der Waals surface area contributed by atoms with E-state index in [0.717, 1.165) is 5.69 Å². The highest BCUT2D eigenvalue weighted by molar-refractivity contribution is 6.30. The highest BCUT2D eigenvalue weighted by Gasteiger charge is 2.10. The number of nitrogen functional groups attached to an aromatic ring is 1. The van der Waals surface area contributed by atoms with E-state index in [2.05, 4.69) is 5.10 Å². The third kappa shape index (κ3) is 2.26. The fraction of sp³-hybridized carbons (Fsp3) is 0. The van der Waals surface area contributed by atoms with Crippen molar-refractivity contribution in [3.8, 4) is 16.9 Å². The second-order valence-electron chi connectivity index (χ2n) is 4.33. The SMILES string of the molecule is Nc1cc(-c2ccc(Cl)c(F)c2)nn1-c1ccccc1. The van der Waals surface area contributed by atoms with Crippen LogP contribution in [0.1, 0.15) is 0 Å². The maximum Gasteiger partial charge on any atom is 0.142 e. The summed E-state index contributed by atoms with van der Waals surface area (Å²) >= 11 is 5.68. The number of hydrogen-bond donors (Lipinski definition) is 1. The minimum Gasteiger partial charge on any atom is -0.384 e. The number of aromatic nitrogens is 2. The van der Waals surface area contributed by atoms with Crippen molar-refractivity contribution in [3.63, 3.8) is 0 Å². The average Bonchev–Trinajstić information content (AvgIpc) is 2.85. The number of rotatable bonds is 2. The molecule has 0 aliphatic heterocycles. The molecule has 100 valence electrons. The first kappa shape index (κ1) is 12.7. The van der Waals surface area contributed by atoms with Crippen LogP contribution in [0.15, 0.2) is 54.6 Å². The van der Waals surface area contributed by atoms with Crippen molar-refractivity contribution in [1.29, 1.82) is 0 Å². The van der Waals surface area contributed by atoms with Crippen LogP contribution in [-0.4, -0.2) is 9.78 Å². The molecular formula is C15H11ClFN3. The quantitative estimate of drug-likeness (QED) is 0.776. The van der Waals surface area contributed by atoms with Crippen molar-refractivity contribution >= 4 is 17.4 Å². The number of benzene rings is 2. The molecule has 0 fully saturated rings. The van der Waals surface area contributed by atoms with Gasteiger partial charge in [0.15, 0.2) is 0 Å². The number of anilines is 1. The Balaban J connectivity index is 2.06. The fourth-order valence-corrected chi connectivity index (χ4v) is 2.09. The van der Waals surface area contributed by atoms with E-state index in [1.54, 1.807) is 16.8 Å². The molecule has 0 spiro atoms. The summed E-state index contributed by atoms with van der Waals surface area (Å²) in [5, 5.41) is 4.49. The molecule has 3 aromatic rings. The van der Waals surface area contributed by atoms with E-state index >= 15 is 0 Å². The maximum absolute atomic E-state index is 13.5. The van der Waals surface area contributed by atoms with Gasteiger partial charge in [-0.2, -0.15) is 5.10 Å². The highest BCUT2D eigenvalue weighted by Crippen LogP contribution is 2.26. The minimum absolute atomic E-state index is 0.0872. The first-order valence-electron chi connectivity index (χ1n) is 6.01. The molecule has 0 aliphatic rings. The Labute approximate surface area is 120 Å². The predicted molar refractivity (Wildman–Crippen MR) is 78.4 cm³/mol. The van der Waals surface area contributed by atoms with Gasteiger partial charge in [-0.05, 0) is 24.3 Å². The zero-order valence-electron chi connectivity index (χ0n) is 10.4. The van der Waals surface area contributed by atoms with Gasteiger partial charge < -0.3 is 5.73 Å². The Kier molecular flexibility index (Phi) is 3.16. The van der Waals surface area contributed by atoms with Crippen LogP contribution in [0, 0.1) is 5.82 Å². The molecule has 1 aromatic heterocycles. The van der Waals surface area contributed by atoms with Gasteiger partial charge in [-0.15, -0.1) is 0 Å². The van der Waals surface area contributed by atoms with Crippen LogP contribution in [0.3, 0.4) is 0 Å². The molecule has 3 nitrogen and oxygen atoms in total. The Morgan fingerprint density at radius 3 is 2.50 bits per heavy atom. The van der Waals surface area contributed by atoms with Crippen molar-refractivity contribution in [2.75, 3.05) is 5.73 Å². The van der Waals surface area contributed by atoms with Gasteiger partial charge in [-0.3, -0.25) is 0 Å². The molecule has 3 rings (SSSR count). The third-order valence-corrected chi connectivity index (χ3v) is 3.26. The first-order chi connectivity index (χ1) is 9.65. The average molecular weight is 288 g/mol. The molecule has 0 amide bonds. The lowest BCUT2D eigenvalue weighted by Crippen LogP contribution is -2.01. The standard InChI is InChI=1S/C15H11ClFN3/c16-12-7-6-10(8-13(12)17)14-9-15(18)20(19-14)11-4-2-1-3-5-11/h1-9H,18H2. The van der Waals surface area contributed by atoms with Crippen molar-refractivity contribution in [3.05, 3.63) is 65.4 Å². The highest BCUT2D eigenvalue weighted by atomic mass is 35.5. The number of nitrogens with zero attached hydrogens (tertiary/aromatic N) is 2. The molecule has 0 saturated heterocycles. The zero-order valence-corrected chi connectivity index (χ0v) is 11.2. The van der Waals surface area contributed by atoms with Gasteiger partial charge in [-0.1, -0.05) is 35.9 Å². The molecule has 0 unspecified atom stereocenters. The summed E-state index contributed by atoms with van der Waals surface area (Å²) in [4.78, 5) is 0. The fourth-order valence-electron chi connectivity index (χ4n) is 1.97. The van der Waals surface area contributed by atoms with E-state index in [0.29, 0.717) is 17.1 Å². The van der Waals surface area contributed by atoms with Crippen molar-refractivity contribution in [2.45, 2.75) is 0 Å². The lowest BCUT2D eigenvalue weighted by molar-refractivity contribution is 0.628. The van der Waals surface area contributed by atoms with E-state index in [1.165, 1.54) is 12.1 Å². The Morgan fingerprint density at radius 2 is 1.80 bits per heavy atom. The molecule has 2 N–H and O–H groups in total. The number of nitrogens with two attached hydrogens (primary N) is 1. The van der Waals surface area contributed by atoms with Crippen LogP contribution in [0.25, 0.3) is 16.9 Å². The van der Waals surface area contributed by atoms with Gasteiger partial charge in [-0.25, -0.2) is 9.07 Å². The van der Waals surface area contributed by atoms with Crippen LogP contribution >= 0.6 is 11.6 Å². The Bertz CT molecular complexity index is 753. The van der Waals surface area contributed by atoms with E-state index in [-0.39, 0.29) is 5.02 Å². The lowest BCUT2D eigenvalue weighted by atomic mass is 10.1. The van der Waals surface area contributed by atoms with Crippen LogP contribution in [0.2, 0.25) is 5.02 Å². The largest absolute Gasteiger partial charge is 0.384 e. The molecule has 20 heavy (non-hydrogen) atoms. The van der Waals surface area contributed by atoms with Gasteiger partial charge in [0, 0.05) is 11.6 Å². The molecule has 0 saturated carbocycles. The van der Waals surface area contributed by atoms with Crippen LogP contribution < -0.4 is 5.73 Å². The molecule has 0 atom stereocenters. The van der Waals surface area contributed by atoms with Gasteiger partial charge in [0.05, 0.1) is 16.4 Å². The monoisotopic (exact) mass is 287 g/mol. The second kappa shape index (κ2) is 4.98. The molecular weight excluding hydrogens is 277 g/mol. The first-order valence-corrected chi connectivity index (χ1v) is 6.39. The summed E-state index contributed by atoms with van der Waals surface area (Å²) in [6, 6.07) is 15.8. The predicted octanol–water partition coefficient (Wildman–Crippen LogP) is 3.91. The van der Waals surface area contributed by atoms with Crippen molar-refractivity contribution in [1.82, 2.24) is 9.78 Å². The molecule has 2 aromatic carbocycles. The molecule has 1 heterocycles. The van der Waals surface area contributed by atoms with Crippen molar-refractivity contribution in [2.24, 2.45) is 0 Å². The second-order valence-corrected chi connectivity index (χ2v) is 4.74. The summed E-state index contributed by atoms with van der Waals surface area (Å²) in [6.07, 6.45) is 0. The summed E-state index contributed by atoms with van der Waals surface area (Å²) in [7, 11) is 0. The van der Waals surface area contributed by atoms with Crippen LogP contribution in [-0.2, 0) is 0 Å². The summed E-state index contributed by atoms with van der Waals surface area (Å²) in [6.45, 7) is 0. The van der Waals surface area contributed by atoms with Gasteiger partial charge in [0.25, 0.3) is 0 Å². The number of para-hydroxylation sites is 1. The van der Waals surface area contributed by atoms with Gasteiger partial charge in [0.2, 0.25) is 0 Å². The van der Waals surface area contributed by atoms with Crippen LogP contribution in [0.4, 0.5) is 10.2 Å². The third-order valence-electron chi connectivity index (χ3n) is 2.95. The normalized spacial score (nSPS) is 10.7. The van der Waals surface area contributed by atoms with E-state index in [4.69, 9.17) is 17.3 Å². The summed E-state index contributed by atoms with van der Waals surface area (Å²) in [5.74, 6) is 0.0126. The summed E-state index contributed by atoms with van der Waals surface area (Å²) < 4.78 is 15.1. The Hall–Kier alpha value is -2.33. The van der Waals surface area contributed by atoms with Gasteiger partial charge >= 0.3 is 0 Å². The molecule has 5 heteroatoms. The smallest absolute Gasteiger partial charge is 0.142 e. The number of halogens is 2. The maximum atomic E-state index is 13.5. The van der Waals surface area contributed by atoms with E-state index in [9.17, 15) is 4.39 Å². The van der Waals surface area contributed by atoms with Gasteiger partial charge in [0.1, 0.15) is 11.6 Å². The Morgan fingerprint density at radius 1 is 1.05 bits per heavy atom. The van der Waals surface area contributed by atoms with E-state index < -0.39 is 5.82 Å². The molecule has 0 bridgehead atoms.